The lowest BCUT2D eigenvalue weighted by Gasteiger charge is -2.49. The molecule has 1 aliphatic rings. The van der Waals surface area contributed by atoms with Crippen LogP contribution < -0.4 is 14.8 Å². The highest BCUT2D eigenvalue weighted by molar-refractivity contribution is 8.00. The summed E-state index contributed by atoms with van der Waals surface area (Å²) in [5, 5.41) is 13.8. The van der Waals surface area contributed by atoms with Gasteiger partial charge in [0.25, 0.3) is 0 Å². The molecule has 1 unspecified atom stereocenters. The second kappa shape index (κ2) is 6.85. The number of methoxy groups -OCH3 is 2. The number of thiocarbonyl (C=S) groups is 1. The van der Waals surface area contributed by atoms with E-state index in [4.69, 9.17) is 34.3 Å². The van der Waals surface area contributed by atoms with E-state index in [1.54, 1.807) is 13.2 Å². The van der Waals surface area contributed by atoms with E-state index in [1.807, 2.05) is 11.0 Å². The number of phenolic OH excluding ortho intramolecular Hbond substituents is 1. The van der Waals surface area contributed by atoms with Crippen molar-refractivity contribution in [2.45, 2.75) is 18.9 Å². The fourth-order valence-electron chi connectivity index (χ4n) is 2.89. The van der Waals surface area contributed by atoms with Crippen LogP contribution in [0.1, 0.15) is 12.5 Å². The van der Waals surface area contributed by atoms with E-state index in [1.165, 1.54) is 7.11 Å². The summed E-state index contributed by atoms with van der Waals surface area (Å²) in [4.78, 5) is 2.05. The van der Waals surface area contributed by atoms with Crippen LogP contribution >= 0.6 is 12.2 Å². The van der Waals surface area contributed by atoms with Gasteiger partial charge in [-0.25, -0.2) is 0 Å². The molecular formula is C15H21N2O3S2-. The van der Waals surface area contributed by atoms with Crippen molar-refractivity contribution < 1.29 is 14.6 Å². The van der Waals surface area contributed by atoms with E-state index in [0.29, 0.717) is 22.2 Å². The Morgan fingerprint density at radius 1 is 1.45 bits per heavy atom. The third kappa shape index (κ3) is 3.21. The van der Waals surface area contributed by atoms with Gasteiger partial charge in [0.15, 0.2) is 11.5 Å². The van der Waals surface area contributed by atoms with Crippen molar-refractivity contribution in [3.8, 4) is 17.2 Å². The summed E-state index contributed by atoms with van der Waals surface area (Å²) in [5.74, 6) is 0.954. The molecule has 0 saturated carbocycles. The Bertz CT molecular complexity index is 568. The molecule has 0 aliphatic carbocycles. The van der Waals surface area contributed by atoms with Gasteiger partial charge in [-0.1, -0.05) is 10.4 Å². The maximum absolute atomic E-state index is 10.5. The normalized spacial score (nSPS) is 21.5. The minimum absolute atomic E-state index is 0.101. The smallest absolute Gasteiger partial charge is 0.203 e. The van der Waals surface area contributed by atoms with Crippen LogP contribution in [0.15, 0.2) is 12.1 Å². The Kier molecular flexibility index (Phi) is 5.31. The van der Waals surface area contributed by atoms with Crippen LogP contribution in [0.25, 0.3) is 0 Å². The second-order valence-corrected chi connectivity index (χ2v) is 6.61. The van der Waals surface area contributed by atoms with Crippen molar-refractivity contribution in [3.05, 3.63) is 17.7 Å². The molecule has 0 bridgehead atoms. The highest BCUT2D eigenvalue weighted by Crippen LogP contribution is 2.40. The number of nitrogens with zero attached hydrogens (tertiary/aromatic N) is 1. The van der Waals surface area contributed by atoms with Gasteiger partial charge in [-0.15, -0.1) is 0 Å². The van der Waals surface area contributed by atoms with Crippen molar-refractivity contribution in [1.29, 1.82) is 0 Å². The number of benzene rings is 1. The fourth-order valence-corrected chi connectivity index (χ4v) is 3.51. The molecule has 2 N–H and O–H groups in total. The Morgan fingerprint density at radius 2 is 2.18 bits per heavy atom. The molecule has 1 atom stereocenters. The molecule has 1 fully saturated rings. The first-order valence-corrected chi connectivity index (χ1v) is 7.86. The third-order valence-corrected chi connectivity index (χ3v) is 4.51. The van der Waals surface area contributed by atoms with Crippen LogP contribution in [0.2, 0.25) is 0 Å². The number of hydrogen-bond acceptors (Lipinski definition) is 6. The second-order valence-electron chi connectivity index (χ2n) is 5.58. The number of piperazine rings is 1. The van der Waals surface area contributed by atoms with Crippen LogP contribution in [-0.4, -0.2) is 53.7 Å². The van der Waals surface area contributed by atoms with Crippen molar-refractivity contribution in [3.63, 3.8) is 0 Å². The van der Waals surface area contributed by atoms with E-state index in [9.17, 15) is 5.11 Å². The van der Waals surface area contributed by atoms with E-state index in [2.05, 4.69) is 12.2 Å². The predicted molar refractivity (Wildman–Crippen MR) is 92.9 cm³/mol. The molecule has 1 aliphatic heterocycles. The van der Waals surface area contributed by atoms with E-state index in [-0.39, 0.29) is 11.3 Å². The quantitative estimate of drug-likeness (QED) is 0.635. The van der Waals surface area contributed by atoms with Crippen LogP contribution in [0.4, 0.5) is 0 Å². The standard InChI is InChI=1S/C15H22N2O3S2/c1-15(9-16-6-7-17(15)14(21)22)8-10-4-5-11(19-2)13(20-3)12(10)18/h4-5,16,18H,6-9H2,1-3H3,(H,21,22)/p-1. The first-order valence-electron chi connectivity index (χ1n) is 7.05. The molecule has 22 heavy (non-hydrogen) atoms. The molecule has 1 heterocycles. The Balaban J connectivity index is 2.34. The van der Waals surface area contributed by atoms with Crippen LogP contribution in [0, 0.1) is 0 Å². The van der Waals surface area contributed by atoms with Crippen molar-refractivity contribution in [1.82, 2.24) is 10.2 Å². The minimum atomic E-state index is -0.284. The van der Waals surface area contributed by atoms with Crippen molar-refractivity contribution in [2.24, 2.45) is 0 Å². The van der Waals surface area contributed by atoms with Crippen molar-refractivity contribution in [2.75, 3.05) is 33.9 Å². The van der Waals surface area contributed by atoms with Crippen LogP contribution in [0.3, 0.4) is 0 Å². The van der Waals surface area contributed by atoms with Crippen LogP contribution in [0.5, 0.6) is 17.2 Å². The SMILES string of the molecule is COc1ccc(CC2(C)CNCCN2C(=S)[S-])c(O)c1OC. The van der Waals surface area contributed by atoms with Gasteiger partial charge in [-0.05, 0) is 13.0 Å². The molecular weight excluding hydrogens is 320 g/mol. The van der Waals surface area contributed by atoms with E-state index >= 15 is 0 Å². The lowest BCUT2D eigenvalue weighted by molar-refractivity contribution is 0.158. The topological polar surface area (TPSA) is 54.0 Å². The van der Waals surface area contributed by atoms with Gasteiger partial charge in [-0.3, -0.25) is 0 Å². The lowest BCUT2D eigenvalue weighted by Crippen LogP contribution is -2.61. The van der Waals surface area contributed by atoms with E-state index < -0.39 is 0 Å². The number of rotatable bonds is 4. The van der Waals surface area contributed by atoms with Gasteiger partial charge in [0.2, 0.25) is 5.75 Å². The molecule has 0 radical (unpaired) electrons. The lowest BCUT2D eigenvalue weighted by atomic mass is 9.89. The molecule has 7 heteroatoms. The average molecular weight is 341 g/mol. The summed E-state index contributed by atoms with van der Waals surface area (Å²) in [6, 6.07) is 3.64. The highest BCUT2D eigenvalue weighted by atomic mass is 32.1. The fraction of sp³-hybridized carbons (Fsp3) is 0.533. The maximum atomic E-state index is 10.5. The summed E-state index contributed by atoms with van der Waals surface area (Å²) < 4.78 is 10.9. The summed E-state index contributed by atoms with van der Waals surface area (Å²) in [6.07, 6.45) is 0.600. The predicted octanol–water partition coefficient (Wildman–Crippen LogP) is 1.45. The number of hydrogen-bond donors (Lipinski definition) is 2. The number of nitrogens with one attached hydrogen (secondary N) is 1. The zero-order valence-electron chi connectivity index (χ0n) is 13.0. The van der Waals surface area contributed by atoms with Gasteiger partial charge in [-0.2, -0.15) is 0 Å². The van der Waals surface area contributed by atoms with Gasteiger partial charge < -0.3 is 49.6 Å². The van der Waals surface area contributed by atoms with E-state index in [0.717, 1.165) is 25.2 Å². The van der Waals surface area contributed by atoms with Crippen molar-refractivity contribution >= 4 is 29.2 Å². The molecule has 1 saturated heterocycles. The Hall–Kier alpha value is -1.31. The molecule has 5 nitrogen and oxygen atoms in total. The largest absolute Gasteiger partial charge is 0.504 e. The number of ether oxygens (including phenoxy) is 2. The first kappa shape index (κ1) is 17.1. The molecule has 1 aromatic carbocycles. The summed E-state index contributed by atoms with van der Waals surface area (Å²) in [5.41, 5.74) is 0.494. The molecule has 0 aromatic heterocycles. The van der Waals surface area contributed by atoms with Gasteiger partial charge in [0.1, 0.15) is 0 Å². The zero-order valence-corrected chi connectivity index (χ0v) is 14.6. The average Bonchev–Trinajstić information content (AvgIpc) is 2.49. The maximum Gasteiger partial charge on any atom is 0.203 e. The summed E-state index contributed by atoms with van der Waals surface area (Å²) in [6.45, 7) is 4.46. The molecule has 1 aromatic rings. The van der Waals surface area contributed by atoms with Gasteiger partial charge >= 0.3 is 0 Å². The molecule has 0 spiro atoms. The monoisotopic (exact) mass is 341 g/mol. The summed E-state index contributed by atoms with van der Waals surface area (Å²) in [7, 11) is 3.05. The molecule has 0 amide bonds. The van der Waals surface area contributed by atoms with Gasteiger partial charge in [0, 0.05) is 31.6 Å². The third-order valence-electron chi connectivity index (χ3n) is 4.06. The van der Waals surface area contributed by atoms with Crippen LogP contribution in [-0.2, 0) is 19.0 Å². The minimum Gasteiger partial charge on any atom is -0.504 e. The number of aromatic hydroxyl groups is 1. The Morgan fingerprint density at radius 3 is 2.77 bits per heavy atom. The first-order chi connectivity index (χ1) is 10.4. The molecule has 122 valence electrons. The highest BCUT2D eigenvalue weighted by Gasteiger charge is 2.34. The molecule has 2 rings (SSSR count). The number of phenols is 1. The zero-order chi connectivity index (χ0) is 16.3. The van der Waals surface area contributed by atoms with Gasteiger partial charge in [0.05, 0.1) is 19.8 Å². The Labute approximate surface area is 142 Å². The summed E-state index contributed by atoms with van der Waals surface area (Å²) >= 11 is 10.4.